The predicted octanol–water partition coefficient (Wildman–Crippen LogP) is 1.86. The van der Waals surface area contributed by atoms with Crippen LogP contribution in [0.4, 0.5) is 0 Å². The molecule has 2 heteroatoms. The summed E-state index contributed by atoms with van der Waals surface area (Å²) < 4.78 is 0. The molecular formula is C13H24N2. The van der Waals surface area contributed by atoms with Crippen LogP contribution in [-0.4, -0.2) is 36.6 Å². The molecule has 15 heavy (non-hydrogen) atoms. The van der Waals surface area contributed by atoms with Crippen LogP contribution >= 0.6 is 0 Å². The highest BCUT2D eigenvalue weighted by Gasteiger charge is 2.20. The van der Waals surface area contributed by atoms with Gasteiger partial charge in [-0.15, -0.1) is 6.42 Å². The van der Waals surface area contributed by atoms with E-state index >= 15 is 0 Å². The maximum Gasteiger partial charge on any atom is 0.0709 e. The molecule has 1 N–H and O–H groups in total. The Morgan fingerprint density at radius 2 is 2.33 bits per heavy atom. The van der Waals surface area contributed by atoms with E-state index in [0.717, 1.165) is 19.5 Å². The van der Waals surface area contributed by atoms with Gasteiger partial charge in [-0.2, -0.15) is 0 Å². The lowest BCUT2D eigenvalue weighted by atomic mass is 10.1. The van der Waals surface area contributed by atoms with Gasteiger partial charge in [-0.25, -0.2) is 0 Å². The van der Waals surface area contributed by atoms with Gasteiger partial charge >= 0.3 is 0 Å². The summed E-state index contributed by atoms with van der Waals surface area (Å²) in [5, 5.41) is 3.54. The largest absolute Gasteiger partial charge is 0.313 e. The highest BCUT2D eigenvalue weighted by Crippen LogP contribution is 2.11. The van der Waals surface area contributed by atoms with Gasteiger partial charge in [-0.3, -0.25) is 4.90 Å². The third kappa shape index (κ3) is 3.85. The smallest absolute Gasteiger partial charge is 0.0709 e. The molecular weight excluding hydrogens is 184 g/mol. The number of hydrogen-bond acceptors (Lipinski definition) is 2. The molecule has 2 nitrogen and oxygen atoms in total. The third-order valence-electron chi connectivity index (χ3n) is 3.15. The molecule has 0 bridgehead atoms. The maximum absolute atomic E-state index is 5.58. The fraction of sp³-hybridized carbons (Fsp3) is 0.846. The summed E-state index contributed by atoms with van der Waals surface area (Å²) in [6.07, 6.45) is 10.4. The van der Waals surface area contributed by atoms with E-state index in [1.807, 2.05) is 0 Å². The van der Waals surface area contributed by atoms with Crippen molar-refractivity contribution in [2.75, 3.05) is 19.6 Å². The van der Waals surface area contributed by atoms with Gasteiger partial charge in [0, 0.05) is 12.6 Å². The molecule has 0 amide bonds. The van der Waals surface area contributed by atoms with Crippen LogP contribution in [0.1, 0.15) is 39.5 Å². The summed E-state index contributed by atoms with van der Waals surface area (Å²) >= 11 is 0. The van der Waals surface area contributed by atoms with Gasteiger partial charge in [-0.1, -0.05) is 19.8 Å². The minimum atomic E-state index is 0.326. The highest BCUT2D eigenvalue weighted by atomic mass is 15.2. The molecule has 1 aliphatic heterocycles. The Labute approximate surface area is 94.4 Å². The minimum Gasteiger partial charge on any atom is -0.313 e. The van der Waals surface area contributed by atoms with Gasteiger partial charge in [0.15, 0.2) is 0 Å². The van der Waals surface area contributed by atoms with Crippen molar-refractivity contribution in [2.45, 2.75) is 51.6 Å². The zero-order valence-electron chi connectivity index (χ0n) is 10.1. The quantitative estimate of drug-likeness (QED) is 0.670. The molecule has 1 heterocycles. The molecule has 2 unspecified atom stereocenters. The van der Waals surface area contributed by atoms with Crippen molar-refractivity contribution >= 4 is 0 Å². The Bertz CT molecular complexity index is 201. The molecule has 1 aliphatic rings. The van der Waals surface area contributed by atoms with Crippen LogP contribution in [0, 0.1) is 12.3 Å². The highest BCUT2D eigenvalue weighted by molar-refractivity contribution is 5.00. The first kappa shape index (κ1) is 12.5. The second kappa shape index (κ2) is 6.87. The van der Waals surface area contributed by atoms with E-state index in [0.29, 0.717) is 12.1 Å². The zero-order chi connectivity index (χ0) is 11.1. The van der Waals surface area contributed by atoms with Crippen molar-refractivity contribution in [3.8, 4) is 12.3 Å². The Morgan fingerprint density at radius 3 is 2.80 bits per heavy atom. The third-order valence-corrected chi connectivity index (χ3v) is 3.15. The number of nitrogens with one attached hydrogen (secondary N) is 1. The van der Waals surface area contributed by atoms with Crippen molar-refractivity contribution in [3.63, 3.8) is 0 Å². The summed E-state index contributed by atoms with van der Waals surface area (Å²) in [5.74, 6) is 2.91. The van der Waals surface area contributed by atoms with E-state index in [1.165, 1.54) is 25.8 Å². The standard InChI is InChI=1S/C13H24N2/c1-4-10-15(13(5-2)6-3)11-12-8-7-9-14-12/h2,12-14H,4,6-11H2,1,3H3. The Balaban J connectivity index is 2.44. The minimum absolute atomic E-state index is 0.326. The fourth-order valence-corrected chi connectivity index (χ4v) is 2.34. The summed E-state index contributed by atoms with van der Waals surface area (Å²) in [7, 11) is 0. The van der Waals surface area contributed by atoms with Crippen LogP contribution in [0.15, 0.2) is 0 Å². The summed E-state index contributed by atoms with van der Waals surface area (Å²) in [4.78, 5) is 2.46. The van der Waals surface area contributed by atoms with E-state index in [-0.39, 0.29) is 0 Å². The van der Waals surface area contributed by atoms with Crippen LogP contribution in [0.25, 0.3) is 0 Å². The van der Waals surface area contributed by atoms with Crippen molar-refractivity contribution in [1.29, 1.82) is 0 Å². The molecule has 2 atom stereocenters. The van der Waals surface area contributed by atoms with Crippen molar-refractivity contribution < 1.29 is 0 Å². The van der Waals surface area contributed by atoms with Crippen LogP contribution < -0.4 is 5.32 Å². The number of terminal acetylenes is 1. The molecule has 0 radical (unpaired) electrons. The fourth-order valence-electron chi connectivity index (χ4n) is 2.34. The molecule has 1 saturated heterocycles. The first-order valence-electron chi connectivity index (χ1n) is 6.25. The first-order valence-corrected chi connectivity index (χ1v) is 6.25. The Kier molecular flexibility index (Phi) is 5.75. The monoisotopic (exact) mass is 208 g/mol. The molecule has 0 aliphatic carbocycles. The first-order chi connectivity index (χ1) is 7.31. The zero-order valence-corrected chi connectivity index (χ0v) is 10.1. The van der Waals surface area contributed by atoms with Gasteiger partial charge < -0.3 is 5.32 Å². The number of nitrogens with zero attached hydrogens (tertiary/aromatic N) is 1. The van der Waals surface area contributed by atoms with Gasteiger partial charge in [0.25, 0.3) is 0 Å². The van der Waals surface area contributed by atoms with Crippen molar-refractivity contribution in [2.24, 2.45) is 0 Å². The van der Waals surface area contributed by atoms with E-state index in [4.69, 9.17) is 6.42 Å². The average Bonchev–Trinajstić information content (AvgIpc) is 2.72. The molecule has 0 aromatic rings. The average molecular weight is 208 g/mol. The van der Waals surface area contributed by atoms with E-state index in [1.54, 1.807) is 0 Å². The molecule has 86 valence electrons. The van der Waals surface area contributed by atoms with Crippen LogP contribution in [0.3, 0.4) is 0 Å². The topological polar surface area (TPSA) is 15.3 Å². The molecule has 0 spiro atoms. The van der Waals surface area contributed by atoms with Crippen molar-refractivity contribution in [1.82, 2.24) is 10.2 Å². The van der Waals surface area contributed by atoms with Crippen LogP contribution in [-0.2, 0) is 0 Å². The van der Waals surface area contributed by atoms with E-state index in [9.17, 15) is 0 Å². The molecule has 0 aromatic heterocycles. The molecule has 0 saturated carbocycles. The number of hydrogen-bond donors (Lipinski definition) is 1. The number of rotatable bonds is 6. The van der Waals surface area contributed by atoms with Crippen LogP contribution in [0.5, 0.6) is 0 Å². The molecule has 1 rings (SSSR count). The SMILES string of the molecule is C#CC(CC)N(CCC)CC1CCCN1. The van der Waals surface area contributed by atoms with E-state index < -0.39 is 0 Å². The van der Waals surface area contributed by atoms with Gasteiger partial charge in [0.1, 0.15) is 0 Å². The maximum atomic E-state index is 5.58. The normalized spacial score (nSPS) is 22.9. The lowest BCUT2D eigenvalue weighted by molar-refractivity contribution is 0.211. The lowest BCUT2D eigenvalue weighted by Gasteiger charge is -2.29. The summed E-state index contributed by atoms with van der Waals surface area (Å²) in [6, 6.07) is 0.992. The van der Waals surface area contributed by atoms with Gasteiger partial charge in [0.05, 0.1) is 6.04 Å². The Hall–Kier alpha value is -0.520. The van der Waals surface area contributed by atoms with Gasteiger partial charge in [0.2, 0.25) is 0 Å². The second-order valence-electron chi connectivity index (χ2n) is 4.38. The summed E-state index contributed by atoms with van der Waals surface area (Å²) in [6.45, 7) is 7.82. The summed E-state index contributed by atoms with van der Waals surface area (Å²) in [5.41, 5.74) is 0. The van der Waals surface area contributed by atoms with Crippen molar-refractivity contribution in [3.05, 3.63) is 0 Å². The predicted molar refractivity (Wildman–Crippen MR) is 65.8 cm³/mol. The second-order valence-corrected chi connectivity index (χ2v) is 4.38. The Morgan fingerprint density at radius 1 is 1.53 bits per heavy atom. The van der Waals surface area contributed by atoms with E-state index in [2.05, 4.69) is 30.0 Å². The molecule has 0 aromatic carbocycles. The van der Waals surface area contributed by atoms with Crippen LogP contribution in [0.2, 0.25) is 0 Å². The molecule has 1 fully saturated rings. The lowest BCUT2D eigenvalue weighted by Crippen LogP contribution is -2.43. The van der Waals surface area contributed by atoms with Gasteiger partial charge in [-0.05, 0) is 38.8 Å².